The molecule has 7 heteroatoms. The van der Waals surface area contributed by atoms with Crippen LogP contribution in [0.5, 0.6) is 0 Å². The van der Waals surface area contributed by atoms with Crippen molar-refractivity contribution in [2.75, 3.05) is 26.3 Å². The topological polar surface area (TPSA) is 83.6 Å². The average molecular weight is 389 g/mol. The SMILES string of the molecule is CCOCC(=O)NC[C@@H]1CC[C@H](CC(=O)NCc2ccccn2)N1CC1CC1. The number of aromatic nitrogens is 1. The number of nitrogens with zero attached hydrogens (tertiary/aromatic N) is 2. The van der Waals surface area contributed by atoms with E-state index in [1.54, 1.807) is 6.20 Å². The third kappa shape index (κ3) is 6.56. The number of hydrogen-bond acceptors (Lipinski definition) is 5. The molecule has 0 aromatic carbocycles. The Morgan fingerprint density at radius 1 is 1.14 bits per heavy atom. The lowest BCUT2D eigenvalue weighted by Crippen LogP contribution is -2.46. The van der Waals surface area contributed by atoms with Crippen LogP contribution in [-0.2, 0) is 20.9 Å². The first-order valence-electron chi connectivity index (χ1n) is 10.4. The van der Waals surface area contributed by atoms with Crippen molar-refractivity contribution in [2.45, 2.75) is 57.7 Å². The summed E-state index contributed by atoms with van der Waals surface area (Å²) in [5, 5.41) is 5.98. The van der Waals surface area contributed by atoms with E-state index in [1.165, 1.54) is 12.8 Å². The standard InChI is InChI=1S/C21H32N4O3/c1-2-28-15-21(27)24-13-19-9-8-18(25(19)14-16-6-7-16)11-20(26)23-12-17-5-3-4-10-22-17/h3-5,10,16,18-19H,2,6-9,11-15H2,1H3,(H,23,26)(H,24,27)/t18-,19+/m1/s1. The number of amides is 2. The van der Waals surface area contributed by atoms with Crippen LogP contribution in [0.2, 0.25) is 0 Å². The third-order valence-corrected chi connectivity index (χ3v) is 5.52. The van der Waals surface area contributed by atoms with Crippen molar-refractivity contribution in [1.29, 1.82) is 0 Å². The Bertz CT molecular complexity index is 636. The Kier molecular flexibility index (Phi) is 7.80. The fourth-order valence-electron chi connectivity index (χ4n) is 3.81. The van der Waals surface area contributed by atoms with Crippen molar-refractivity contribution in [1.82, 2.24) is 20.5 Å². The van der Waals surface area contributed by atoms with Gasteiger partial charge < -0.3 is 15.4 Å². The maximum atomic E-state index is 12.5. The molecule has 0 radical (unpaired) electrons. The molecular formula is C21H32N4O3. The molecule has 7 nitrogen and oxygen atoms in total. The number of carbonyl (C=O) groups excluding carboxylic acids is 2. The fourth-order valence-corrected chi connectivity index (χ4v) is 3.81. The second-order valence-electron chi connectivity index (χ2n) is 7.77. The van der Waals surface area contributed by atoms with E-state index in [9.17, 15) is 9.59 Å². The molecule has 2 atom stereocenters. The van der Waals surface area contributed by atoms with Gasteiger partial charge in [0, 0.05) is 44.4 Å². The first kappa shape index (κ1) is 20.7. The van der Waals surface area contributed by atoms with Gasteiger partial charge in [0.25, 0.3) is 0 Å². The van der Waals surface area contributed by atoms with Gasteiger partial charge in [-0.3, -0.25) is 19.5 Å². The van der Waals surface area contributed by atoms with Gasteiger partial charge >= 0.3 is 0 Å². The quantitative estimate of drug-likeness (QED) is 0.600. The number of nitrogens with one attached hydrogen (secondary N) is 2. The molecule has 1 aliphatic heterocycles. The summed E-state index contributed by atoms with van der Waals surface area (Å²) in [5.41, 5.74) is 0.868. The van der Waals surface area contributed by atoms with E-state index in [2.05, 4.69) is 20.5 Å². The van der Waals surface area contributed by atoms with Crippen molar-refractivity contribution in [2.24, 2.45) is 5.92 Å². The smallest absolute Gasteiger partial charge is 0.246 e. The summed E-state index contributed by atoms with van der Waals surface area (Å²) in [6.07, 6.45) is 6.80. The first-order chi connectivity index (χ1) is 13.7. The number of ether oxygens (including phenoxy) is 1. The number of carbonyl (C=O) groups is 2. The van der Waals surface area contributed by atoms with E-state index in [4.69, 9.17) is 4.74 Å². The Hall–Kier alpha value is -1.99. The number of rotatable bonds is 11. The zero-order valence-corrected chi connectivity index (χ0v) is 16.7. The highest BCUT2D eigenvalue weighted by molar-refractivity contribution is 5.77. The fraction of sp³-hybridized carbons (Fsp3) is 0.667. The van der Waals surface area contributed by atoms with Crippen LogP contribution in [0.1, 0.15) is 44.7 Å². The number of likely N-dealkylation sites (tertiary alicyclic amines) is 1. The van der Waals surface area contributed by atoms with E-state index in [-0.39, 0.29) is 24.5 Å². The minimum atomic E-state index is -0.0650. The molecule has 2 aliphatic rings. The summed E-state index contributed by atoms with van der Waals surface area (Å²) in [7, 11) is 0. The molecule has 2 N–H and O–H groups in total. The lowest BCUT2D eigenvalue weighted by molar-refractivity contribution is -0.126. The number of pyridine rings is 1. The number of hydrogen-bond donors (Lipinski definition) is 2. The van der Waals surface area contributed by atoms with E-state index in [0.717, 1.165) is 31.0 Å². The van der Waals surface area contributed by atoms with Gasteiger partial charge in [-0.05, 0) is 50.7 Å². The molecule has 28 heavy (non-hydrogen) atoms. The molecule has 3 rings (SSSR count). The average Bonchev–Trinajstić information content (AvgIpc) is 3.46. The molecule has 154 valence electrons. The van der Waals surface area contributed by atoms with Crippen LogP contribution in [0.25, 0.3) is 0 Å². The van der Waals surface area contributed by atoms with E-state index >= 15 is 0 Å². The summed E-state index contributed by atoms with van der Waals surface area (Å²) in [6, 6.07) is 6.26. The summed E-state index contributed by atoms with van der Waals surface area (Å²) >= 11 is 0. The van der Waals surface area contributed by atoms with Crippen LogP contribution in [0.4, 0.5) is 0 Å². The highest BCUT2D eigenvalue weighted by atomic mass is 16.5. The maximum Gasteiger partial charge on any atom is 0.246 e. The molecule has 1 aromatic heterocycles. The minimum Gasteiger partial charge on any atom is -0.372 e. The van der Waals surface area contributed by atoms with Crippen LogP contribution < -0.4 is 10.6 Å². The predicted molar refractivity (Wildman–Crippen MR) is 106 cm³/mol. The largest absolute Gasteiger partial charge is 0.372 e. The lowest BCUT2D eigenvalue weighted by Gasteiger charge is -2.30. The normalized spacial score (nSPS) is 22.2. The molecule has 0 spiro atoms. The van der Waals surface area contributed by atoms with Crippen LogP contribution in [0.15, 0.2) is 24.4 Å². The minimum absolute atomic E-state index is 0.0650. The molecular weight excluding hydrogens is 356 g/mol. The molecule has 1 saturated carbocycles. The van der Waals surface area contributed by atoms with Gasteiger partial charge in [0.1, 0.15) is 6.61 Å². The monoisotopic (exact) mass is 388 g/mol. The zero-order valence-electron chi connectivity index (χ0n) is 16.7. The lowest BCUT2D eigenvalue weighted by atomic mass is 10.1. The van der Waals surface area contributed by atoms with Gasteiger partial charge in [-0.25, -0.2) is 0 Å². The van der Waals surface area contributed by atoms with Gasteiger partial charge in [0.05, 0.1) is 12.2 Å². The molecule has 2 amide bonds. The first-order valence-corrected chi connectivity index (χ1v) is 10.4. The predicted octanol–water partition coefficient (Wildman–Crippen LogP) is 1.48. The Labute approximate surface area is 167 Å². The summed E-state index contributed by atoms with van der Waals surface area (Å²) < 4.78 is 5.17. The van der Waals surface area contributed by atoms with Gasteiger partial charge in [0.15, 0.2) is 0 Å². The van der Waals surface area contributed by atoms with Crippen molar-refractivity contribution < 1.29 is 14.3 Å². The van der Waals surface area contributed by atoms with E-state index < -0.39 is 0 Å². The summed E-state index contributed by atoms with van der Waals surface area (Å²) in [4.78, 5) is 31.0. The van der Waals surface area contributed by atoms with Crippen LogP contribution in [0.3, 0.4) is 0 Å². The van der Waals surface area contributed by atoms with E-state index in [1.807, 2.05) is 25.1 Å². The van der Waals surface area contributed by atoms with Gasteiger partial charge in [-0.15, -0.1) is 0 Å². The molecule has 2 heterocycles. The second kappa shape index (κ2) is 10.5. The highest BCUT2D eigenvalue weighted by Gasteiger charge is 2.37. The van der Waals surface area contributed by atoms with Crippen molar-refractivity contribution >= 4 is 11.8 Å². The van der Waals surface area contributed by atoms with Gasteiger partial charge in [0.2, 0.25) is 11.8 Å². The van der Waals surface area contributed by atoms with Crippen molar-refractivity contribution in [3.8, 4) is 0 Å². The molecule has 1 aliphatic carbocycles. The summed E-state index contributed by atoms with van der Waals surface area (Å²) in [5.74, 6) is 0.751. The molecule has 1 saturated heterocycles. The van der Waals surface area contributed by atoms with Crippen LogP contribution in [0, 0.1) is 5.92 Å². The maximum absolute atomic E-state index is 12.5. The molecule has 1 aromatic rings. The van der Waals surface area contributed by atoms with Gasteiger partial charge in [-0.2, -0.15) is 0 Å². The van der Waals surface area contributed by atoms with Crippen LogP contribution >= 0.6 is 0 Å². The molecule has 2 fully saturated rings. The third-order valence-electron chi connectivity index (χ3n) is 5.52. The Morgan fingerprint density at radius 3 is 2.68 bits per heavy atom. The van der Waals surface area contributed by atoms with Crippen molar-refractivity contribution in [3.63, 3.8) is 0 Å². The Balaban J connectivity index is 1.47. The molecule has 0 bridgehead atoms. The highest BCUT2D eigenvalue weighted by Crippen LogP contribution is 2.35. The van der Waals surface area contributed by atoms with Gasteiger partial charge in [-0.1, -0.05) is 6.07 Å². The Morgan fingerprint density at radius 2 is 1.96 bits per heavy atom. The van der Waals surface area contributed by atoms with Crippen LogP contribution in [-0.4, -0.2) is 60.1 Å². The zero-order chi connectivity index (χ0) is 19.8. The molecule has 0 unspecified atom stereocenters. The van der Waals surface area contributed by atoms with E-state index in [0.29, 0.717) is 32.2 Å². The summed E-state index contributed by atoms with van der Waals surface area (Å²) in [6.45, 7) is 4.66. The van der Waals surface area contributed by atoms with Crippen molar-refractivity contribution in [3.05, 3.63) is 30.1 Å². The second-order valence-corrected chi connectivity index (χ2v) is 7.77.